The number of aromatic amines is 1. The molecule has 1 aromatic carbocycles. The average molecular weight is 366 g/mol. The number of hydrogen-bond acceptors (Lipinski definition) is 5. The van der Waals surface area contributed by atoms with Gasteiger partial charge in [0.1, 0.15) is 11.5 Å². The lowest BCUT2D eigenvalue weighted by atomic mass is 10.1. The maximum Gasteiger partial charge on any atom is 0.183 e. The van der Waals surface area contributed by atoms with Gasteiger partial charge in [0, 0.05) is 17.1 Å². The molecule has 4 aromatic rings. The lowest BCUT2D eigenvalue weighted by molar-refractivity contribution is 0.613. The zero-order chi connectivity index (χ0) is 19.0. The Hall–Kier alpha value is -3.55. The molecule has 0 amide bonds. The number of pyridine rings is 1. The quantitative estimate of drug-likeness (QED) is 0.507. The van der Waals surface area contributed by atoms with Crippen LogP contribution in [0.5, 0.6) is 0 Å². The van der Waals surface area contributed by atoms with Crippen LogP contribution in [0, 0.1) is 11.6 Å². The molecule has 0 spiro atoms. The number of fused-ring (bicyclic) bond motifs is 1. The predicted molar refractivity (Wildman–Crippen MR) is 99.9 cm³/mol. The Morgan fingerprint density at radius 2 is 1.89 bits per heavy atom. The van der Waals surface area contributed by atoms with Gasteiger partial charge in [-0.05, 0) is 30.7 Å². The van der Waals surface area contributed by atoms with E-state index in [0.717, 1.165) is 17.1 Å². The molecule has 4 N–H and O–H groups in total. The molecule has 0 fully saturated rings. The van der Waals surface area contributed by atoms with Crippen molar-refractivity contribution in [3.05, 3.63) is 66.1 Å². The highest BCUT2D eigenvalue weighted by Crippen LogP contribution is 2.28. The summed E-state index contributed by atoms with van der Waals surface area (Å²) < 4.78 is 27.3. The van der Waals surface area contributed by atoms with Gasteiger partial charge in [-0.15, -0.1) is 0 Å². The SMILES string of the molecule is C[C@H](Nc1nc(-c2c[nH]c3ncc(N)cc23)ncc1F)c1ccc(F)cc1. The Morgan fingerprint density at radius 1 is 1.11 bits per heavy atom. The summed E-state index contributed by atoms with van der Waals surface area (Å²) in [5.74, 6) is -0.509. The summed E-state index contributed by atoms with van der Waals surface area (Å²) in [5, 5.41) is 3.76. The molecule has 136 valence electrons. The summed E-state index contributed by atoms with van der Waals surface area (Å²) in [5.41, 5.74) is 8.43. The van der Waals surface area contributed by atoms with E-state index in [-0.39, 0.29) is 17.7 Å². The van der Waals surface area contributed by atoms with Gasteiger partial charge in [0.15, 0.2) is 17.5 Å². The number of rotatable bonds is 4. The van der Waals surface area contributed by atoms with Crippen LogP contribution >= 0.6 is 0 Å². The van der Waals surface area contributed by atoms with Crippen molar-refractivity contribution in [2.24, 2.45) is 0 Å². The second-order valence-corrected chi connectivity index (χ2v) is 6.17. The van der Waals surface area contributed by atoms with Gasteiger partial charge in [-0.3, -0.25) is 0 Å². The highest BCUT2D eigenvalue weighted by molar-refractivity contribution is 5.93. The van der Waals surface area contributed by atoms with Crippen LogP contribution in [-0.2, 0) is 0 Å². The fourth-order valence-electron chi connectivity index (χ4n) is 2.84. The summed E-state index contributed by atoms with van der Waals surface area (Å²) in [6, 6.07) is 7.48. The molecule has 8 heteroatoms. The Morgan fingerprint density at radius 3 is 2.67 bits per heavy atom. The molecule has 0 saturated heterocycles. The third-order valence-corrected chi connectivity index (χ3v) is 4.26. The van der Waals surface area contributed by atoms with Crippen LogP contribution in [0.4, 0.5) is 20.3 Å². The normalized spacial score (nSPS) is 12.3. The Bertz CT molecular complexity index is 1110. The first kappa shape index (κ1) is 16.9. The van der Waals surface area contributed by atoms with Crippen molar-refractivity contribution in [2.75, 3.05) is 11.1 Å². The molecule has 0 unspecified atom stereocenters. The molecule has 0 aliphatic rings. The second kappa shape index (κ2) is 6.64. The van der Waals surface area contributed by atoms with E-state index in [1.807, 2.05) is 6.92 Å². The smallest absolute Gasteiger partial charge is 0.183 e. The van der Waals surface area contributed by atoms with Crippen LogP contribution in [-0.4, -0.2) is 19.9 Å². The third-order valence-electron chi connectivity index (χ3n) is 4.26. The first-order valence-electron chi connectivity index (χ1n) is 8.29. The van der Waals surface area contributed by atoms with E-state index in [2.05, 4.69) is 25.3 Å². The zero-order valence-electron chi connectivity index (χ0n) is 14.4. The van der Waals surface area contributed by atoms with Gasteiger partial charge >= 0.3 is 0 Å². The predicted octanol–water partition coefficient (Wildman–Crippen LogP) is 4.05. The van der Waals surface area contributed by atoms with Crippen molar-refractivity contribution in [1.82, 2.24) is 19.9 Å². The molecular formula is C19H16F2N6. The summed E-state index contributed by atoms with van der Waals surface area (Å²) in [6.07, 6.45) is 4.36. The molecule has 0 aliphatic heterocycles. The number of hydrogen-bond donors (Lipinski definition) is 3. The monoisotopic (exact) mass is 366 g/mol. The Labute approximate surface area is 153 Å². The van der Waals surface area contributed by atoms with Gasteiger partial charge in [-0.25, -0.2) is 23.7 Å². The van der Waals surface area contributed by atoms with Crippen LogP contribution < -0.4 is 11.1 Å². The number of nitrogen functional groups attached to an aromatic ring is 1. The molecule has 6 nitrogen and oxygen atoms in total. The standard InChI is InChI=1S/C19H16F2N6/c1-10(11-2-4-12(20)5-3-11)26-19-16(21)9-25-18(27-19)15-8-24-17-14(15)6-13(22)7-23-17/h2-10H,22H2,1H3,(H,23,24)(H,25,26,27)/t10-/m0/s1. The number of nitrogens with one attached hydrogen (secondary N) is 2. The number of benzene rings is 1. The maximum atomic E-state index is 14.2. The minimum atomic E-state index is -0.579. The van der Waals surface area contributed by atoms with Crippen LogP contribution in [0.2, 0.25) is 0 Å². The molecule has 0 aliphatic carbocycles. The summed E-state index contributed by atoms with van der Waals surface area (Å²) in [4.78, 5) is 15.6. The first-order chi connectivity index (χ1) is 13.0. The second-order valence-electron chi connectivity index (χ2n) is 6.17. The van der Waals surface area contributed by atoms with Crippen LogP contribution in [0.15, 0.2) is 48.9 Å². The molecule has 3 heterocycles. The van der Waals surface area contributed by atoms with Gasteiger partial charge in [0.05, 0.1) is 24.1 Å². The van der Waals surface area contributed by atoms with Crippen LogP contribution in [0.3, 0.4) is 0 Å². The van der Waals surface area contributed by atoms with E-state index < -0.39 is 5.82 Å². The minimum absolute atomic E-state index is 0.0584. The summed E-state index contributed by atoms with van der Waals surface area (Å²) in [6.45, 7) is 1.84. The van der Waals surface area contributed by atoms with Gasteiger partial charge in [-0.1, -0.05) is 12.1 Å². The van der Waals surface area contributed by atoms with Crippen molar-refractivity contribution < 1.29 is 8.78 Å². The Kier molecular flexibility index (Phi) is 4.15. The summed E-state index contributed by atoms with van der Waals surface area (Å²) >= 11 is 0. The molecule has 0 saturated carbocycles. The highest BCUT2D eigenvalue weighted by Gasteiger charge is 2.15. The van der Waals surface area contributed by atoms with Crippen molar-refractivity contribution in [1.29, 1.82) is 0 Å². The van der Waals surface area contributed by atoms with Gasteiger partial charge in [0.2, 0.25) is 0 Å². The molecule has 3 aromatic heterocycles. The van der Waals surface area contributed by atoms with E-state index >= 15 is 0 Å². The molecule has 0 bridgehead atoms. The lowest BCUT2D eigenvalue weighted by Crippen LogP contribution is -2.10. The van der Waals surface area contributed by atoms with E-state index in [1.54, 1.807) is 30.6 Å². The molecule has 27 heavy (non-hydrogen) atoms. The Balaban J connectivity index is 1.68. The molecule has 0 radical (unpaired) electrons. The topological polar surface area (TPSA) is 92.5 Å². The molecule has 1 atom stereocenters. The van der Waals surface area contributed by atoms with Crippen molar-refractivity contribution >= 4 is 22.5 Å². The third kappa shape index (κ3) is 3.29. The van der Waals surface area contributed by atoms with E-state index in [0.29, 0.717) is 22.7 Å². The zero-order valence-corrected chi connectivity index (χ0v) is 14.4. The van der Waals surface area contributed by atoms with Crippen molar-refractivity contribution in [3.63, 3.8) is 0 Å². The van der Waals surface area contributed by atoms with E-state index in [9.17, 15) is 8.78 Å². The van der Waals surface area contributed by atoms with Crippen molar-refractivity contribution in [3.8, 4) is 11.4 Å². The number of anilines is 2. The largest absolute Gasteiger partial charge is 0.397 e. The lowest BCUT2D eigenvalue weighted by Gasteiger charge is -2.15. The number of nitrogens with zero attached hydrogens (tertiary/aromatic N) is 3. The molecule has 4 rings (SSSR count). The number of H-pyrrole nitrogens is 1. The van der Waals surface area contributed by atoms with E-state index in [4.69, 9.17) is 5.73 Å². The maximum absolute atomic E-state index is 14.2. The first-order valence-corrected chi connectivity index (χ1v) is 8.29. The summed E-state index contributed by atoms with van der Waals surface area (Å²) in [7, 11) is 0. The average Bonchev–Trinajstić information content (AvgIpc) is 3.07. The number of nitrogens with two attached hydrogens (primary N) is 1. The molecular weight excluding hydrogens is 350 g/mol. The van der Waals surface area contributed by atoms with E-state index in [1.165, 1.54) is 12.1 Å². The fraction of sp³-hybridized carbons (Fsp3) is 0.105. The minimum Gasteiger partial charge on any atom is -0.397 e. The van der Waals surface area contributed by atoms with Gasteiger partial charge < -0.3 is 16.0 Å². The van der Waals surface area contributed by atoms with Gasteiger partial charge in [-0.2, -0.15) is 0 Å². The number of aromatic nitrogens is 4. The van der Waals surface area contributed by atoms with Gasteiger partial charge in [0.25, 0.3) is 0 Å². The highest BCUT2D eigenvalue weighted by atomic mass is 19.1. The van der Waals surface area contributed by atoms with Crippen LogP contribution in [0.25, 0.3) is 22.4 Å². The van der Waals surface area contributed by atoms with Crippen molar-refractivity contribution in [2.45, 2.75) is 13.0 Å². The fourth-order valence-corrected chi connectivity index (χ4v) is 2.84. The van der Waals surface area contributed by atoms with Crippen LogP contribution in [0.1, 0.15) is 18.5 Å². The number of halogens is 2.